The largest absolute Gasteiger partial charge is 0.300 e. The highest BCUT2D eigenvalue weighted by molar-refractivity contribution is 5.80. The summed E-state index contributed by atoms with van der Waals surface area (Å²) in [6.45, 7) is 3.42. The zero-order chi connectivity index (χ0) is 7.82. The van der Waals surface area contributed by atoms with E-state index in [9.17, 15) is 4.79 Å². The number of allylic oxidation sites excluding steroid dienone is 1. The molecule has 0 aromatic heterocycles. The Hall–Kier alpha value is -1.28. The van der Waals surface area contributed by atoms with Crippen molar-refractivity contribution in [3.8, 4) is 0 Å². The summed E-state index contributed by atoms with van der Waals surface area (Å²) < 4.78 is 0. The van der Waals surface area contributed by atoms with Gasteiger partial charge < -0.3 is 0 Å². The molecule has 54 valence electrons. The lowest BCUT2D eigenvalue weighted by Crippen LogP contribution is -1.99. The molecule has 0 aromatic rings. The Morgan fingerprint density at radius 3 is 3.00 bits per heavy atom. The Labute approximate surface area is 59.2 Å². The van der Waals surface area contributed by atoms with E-state index in [0.29, 0.717) is 12.8 Å². The molecule has 0 aliphatic rings. The van der Waals surface area contributed by atoms with Crippen molar-refractivity contribution in [2.75, 3.05) is 6.54 Å². The summed E-state index contributed by atoms with van der Waals surface area (Å²) in [5.41, 5.74) is 7.83. The van der Waals surface area contributed by atoms with Crippen LogP contribution in [0.5, 0.6) is 0 Å². The molecule has 0 aromatic carbocycles. The van der Waals surface area contributed by atoms with Gasteiger partial charge in [0, 0.05) is 11.3 Å². The zero-order valence-corrected chi connectivity index (χ0v) is 5.66. The maximum atomic E-state index is 10.6. The summed E-state index contributed by atoms with van der Waals surface area (Å²) in [5.74, 6) is -0.0438. The van der Waals surface area contributed by atoms with Gasteiger partial charge in [0.15, 0.2) is 0 Å². The van der Waals surface area contributed by atoms with Crippen molar-refractivity contribution in [1.29, 1.82) is 0 Å². The van der Waals surface area contributed by atoms with Crippen LogP contribution in [0.2, 0.25) is 0 Å². The van der Waals surface area contributed by atoms with E-state index in [0.717, 1.165) is 0 Å². The molecule has 0 aliphatic carbocycles. The van der Waals surface area contributed by atoms with Gasteiger partial charge in [0.05, 0.1) is 6.54 Å². The van der Waals surface area contributed by atoms with E-state index in [1.165, 1.54) is 0 Å². The molecule has 0 fully saturated rings. The molecule has 10 heavy (non-hydrogen) atoms. The Morgan fingerprint density at radius 2 is 2.50 bits per heavy atom. The molecule has 0 heterocycles. The first-order valence-corrected chi connectivity index (χ1v) is 2.94. The summed E-state index contributed by atoms with van der Waals surface area (Å²) in [4.78, 5) is 13.1. The number of hydrogen-bond acceptors (Lipinski definition) is 2. The summed E-state index contributed by atoms with van der Waals surface area (Å²) in [5, 5.41) is 3.12. The van der Waals surface area contributed by atoms with Crippen LogP contribution in [0.25, 0.3) is 10.4 Å². The average Bonchev–Trinajstić information content (AvgIpc) is 1.97. The van der Waals surface area contributed by atoms with Crippen LogP contribution in [-0.2, 0) is 4.79 Å². The van der Waals surface area contributed by atoms with Crippen molar-refractivity contribution in [3.05, 3.63) is 23.1 Å². The topological polar surface area (TPSA) is 65.8 Å². The third-order valence-electron chi connectivity index (χ3n) is 0.938. The highest BCUT2D eigenvalue weighted by Crippen LogP contribution is 1.91. The molecule has 0 saturated carbocycles. The molecule has 4 nitrogen and oxygen atoms in total. The summed E-state index contributed by atoms with van der Waals surface area (Å²) in [6, 6.07) is 0. The van der Waals surface area contributed by atoms with Crippen LogP contribution >= 0.6 is 0 Å². The normalized spacial score (nSPS) is 8.00. The smallest absolute Gasteiger partial charge is 0.139 e. The quantitative estimate of drug-likeness (QED) is 0.248. The van der Waals surface area contributed by atoms with Gasteiger partial charge in [-0.2, -0.15) is 0 Å². The highest BCUT2D eigenvalue weighted by Gasteiger charge is 1.95. The van der Waals surface area contributed by atoms with Gasteiger partial charge in [0.2, 0.25) is 0 Å². The third-order valence-corrected chi connectivity index (χ3v) is 0.938. The standard InChI is InChI=1S/C6H9N3O/c1-2-3-4-6(10)5-8-9-7/h2H,1,3-5H2. The third kappa shape index (κ3) is 4.87. The molecule has 0 N–H and O–H groups in total. The Balaban J connectivity index is 3.43. The van der Waals surface area contributed by atoms with Crippen LogP contribution in [0, 0.1) is 0 Å². The second kappa shape index (κ2) is 5.85. The number of rotatable bonds is 5. The van der Waals surface area contributed by atoms with Gasteiger partial charge >= 0.3 is 0 Å². The number of nitrogens with zero attached hydrogens (tertiary/aromatic N) is 3. The van der Waals surface area contributed by atoms with Crippen molar-refractivity contribution in [2.24, 2.45) is 5.11 Å². The van der Waals surface area contributed by atoms with Crippen molar-refractivity contribution in [2.45, 2.75) is 12.8 Å². The minimum Gasteiger partial charge on any atom is -0.300 e. The van der Waals surface area contributed by atoms with Gasteiger partial charge in [-0.25, -0.2) is 0 Å². The fraction of sp³-hybridized carbons (Fsp3) is 0.500. The molecule has 0 bridgehead atoms. The molecule has 0 rings (SSSR count). The molecule has 0 aliphatic heterocycles. The lowest BCUT2D eigenvalue weighted by Gasteiger charge is -1.89. The summed E-state index contributed by atoms with van der Waals surface area (Å²) >= 11 is 0. The second-order valence-corrected chi connectivity index (χ2v) is 1.76. The monoisotopic (exact) mass is 139 g/mol. The Morgan fingerprint density at radius 1 is 1.80 bits per heavy atom. The molecule has 0 radical (unpaired) electrons. The molecule has 0 atom stereocenters. The number of Topliss-reactive ketones (excluding diaryl/α,β-unsaturated/α-hetero) is 1. The van der Waals surface area contributed by atoms with Crippen molar-refractivity contribution >= 4 is 5.78 Å². The number of ketones is 1. The van der Waals surface area contributed by atoms with Gasteiger partial charge in [-0.1, -0.05) is 11.2 Å². The van der Waals surface area contributed by atoms with E-state index in [1.807, 2.05) is 0 Å². The van der Waals surface area contributed by atoms with E-state index in [2.05, 4.69) is 16.6 Å². The number of carbonyl (C=O) groups excluding carboxylic acids is 1. The van der Waals surface area contributed by atoms with E-state index in [4.69, 9.17) is 5.53 Å². The van der Waals surface area contributed by atoms with Crippen molar-refractivity contribution < 1.29 is 4.79 Å². The maximum Gasteiger partial charge on any atom is 0.139 e. The fourth-order valence-corrected chi connectivity index (χ4v) is 0.453. The van der Waals surface area contributed by atoms with Crippen LogP contribution in [-0.4, -0.2) is 12.3 Å². The van der Waals surface area contributed by atoms with Gasteiger partial charge in [-0.15, -0.1) is 6.58 Å². The van der Waals surface area contributed by atoms with E-state index < -0.39 is 0 Å². The molecule has 0 amide bonds. The second-order valence-electron chi connectivity index (χ2n) is 1.76. The zero-order valence-electron chi connectivity index (χ0n) is 5.66. The first kappa shape index (κ1) is 8.72. The van der Waals surface area contributed by atoms with Crippen LogP contribution in [0.3, 0.4) is 0 Å². The SMILES string of the molecule is C=CCCC(=O)CN=[N+]=[N-]. The predicted molar refractivity (Wildman–Crippen MR) is 38.5 cm³/mol. The summed E-state index contributed by atoms with van der Waals surface area (Å²) in [6.07, 6.45) is 2.73. The molecular weight excluding hydrogens is 130 g/mol. The van der Waals surface area contributed by atoms with E-state index in [1.54, 1.807) is 6.08 Å². The van der Waals surface area contributed by atoms with Gasteiger partial charge in [0.25, 0.3) is 0 Å². The van der Waals surface area contributed by atoms with Crippen LogP contribution in [0.4, 0.5) is 0 Å². The average molecular weight is 139 g/mol. The number of azide groups is 1. The minimum atomic E-state index is -0.0438. The van der Waals surface area contributed by atoms with Crippen LogP contribution in [0.15, 0.2) is 17.8 Å². The summed E-state index contributed by atoms with van der Waals surface area (Å²) in [7, 11) is 0. The van der Waals surface area contributed by atoms with Gasteiger partial charge in [-0.05, 0) is 12.0 Å². The molecule has 0 saturated heterocycles. The Bertz CT molecular complexity index is 170. The van der Waals surface area contributed by atoms with Crippen molar-refractivity contribution in [1.82, 2.24) is 0 Å². The van der Waals surface area contributed by atoms with Crippen molar-refractivity contribution in [3.63, 3.8) is 0 Å². The maximum absolute atomic E-state index is 10.6. The van der Waals surface area contributed by atoms with E-state index >= 15 is 0 Å². The molecule has 0 unspecified atom stereocenters. The molecule has 0 spiro atoms. The Kier molecular flexibility index (Phi) is 5.10. The predicted octanol–water partition coefficient (Wildman–Crippen LogP) is 1.83. The number of carbonyl (C=O) groups is 1. The highest BCUT2D eigenvalue weighted by atomic mass is 16.1. The van der Waals surface area contributed by atoms with Crippen LogP contribution < -0.4 is 0 Å². The van der Waals surface area contributed by atoms with Gasteiger partial charge in [-0.3, -0.25) is 4.79 Å². The minimum absolute atomic E-state index is 0.0374. The lowest BCUT2D eigenvalue weighted by atomic mass is 10.2. The van der Waals surface area contributed by atoms with Gasteiger partial charge in [0.1, 0.15) is 5.78 Å². The molecule has 4 heteroatoms. The van der Waals surface area contributed by atoms with Crippen LogP contribution in [0.1, 0.15) is 12.8 Å². The fourth-order valence-electron chi connectivity index (χ4n) is 0.453. The first-order valence-electron chi connectivity index (χ1n) is 2.94. The lowest BCUT2D eigenvalue weighted by molar-refractivity contribution is -0.117. The first-order chi connectivity index (χ1) is 4.81. The van der Waals surface area contributed by atoms with E-state index in [-0.39, 0.29) is 12.3 Å². The number of hydrogen-bond donors (Lipinski definition) is 0. The molecular formula is C6H9N3O.